The van der Waals surface area contributed by atoms with Gasteiger partial charge in [0.25, 0.3) is 0 Å². The average Bonchev–Trinajstić information content (AvgIpc) is 2.16. The number of rotatable bonds is 3. The van der Waals surface area contributed by atoms with E-state index in [0.29, 0.717) is 5.92 Å². The van der Waals surface area contributed by atoms with E-state index in [4.69, 9.17) is 5.26 Å². The molecule has 0 bridgehead atoms. The van der Waals surface area contributed by atoms with Gasteiger partial charge in [-0.05, 0) is 44.6 Å². The number of hydrogen-bond donors (Lipinski definition) is 1. The van der Waals surface area contributed by atoms with E-state index in [9.17, 15) is 0 Å². The van der Waals surface area contributed by atoms with Gasteiger partial charge in [0, 0.05) is 0 Å². The van der Waals surface area contributed by atoms with Crippen LogP contribution in [-0.2, 0) is 0 Å². The van der Waals surface area contributed by atoms with Crippen LogP contribution in [0.25, 0.3) is 0 Å². The largest absolute Gasteiger partial charge is 0.299 e. The van der Waals surface area contributed by atoms with Gasteiger partial charge in [0.2, 0.25) is 0 Å². The molecule has 0 spiro atoms. The van der Waals surface area contributed by atoms with E-state index in [-0.39, 0.29) is 5.54 Å². The molecule has 0 radical (unpaired) electrons. The summed E-state index contributed by atoms with van der Waals surface area (Å²) in [5.74, 6) is 0.703. The van der Waals surface area contributed by atoms with Crippen LogP contribution in [0.15, 0.2) is 0 Å². The molecule has 1 heterocycles. The molecule has 1 aliphatic rings. The minimum absolute atomic E-state index is 0.192. The van der Waals surface area contributed by atoms with Crippen LogP contribution in [0, 0.1) is 17.2 Å². The Labute approximate surface area is 81.3 Å². The third-order valence-corrected chi connectivity index (χ3v) is 2.86. The Morgan fingerprint density at radius 1 is 1.46 bits per heavy atom. The van der Waals surface area contributed by atoms with Crippen molar-refractivity contribution in [2.24, 2.45) is 5.92 Å². The SMILES string of the molecule is CC(C)CCC1(C#N)CCCCN1. The minimum Gasteiger partial charge on any atom is -0.299 e. The van der Waals surface area contributed by atoms with Crippen LogP contribution in [0.1, 0.15) is 46.0 Å². The fourth-order valence-electron chi connectivity index (χ4n) is 1.87. The fourth-order valence-corrected chi connectivity index (χ4v) is 1.87. The first-order valence-electron chi connectivity index (χ1n) is 5.35. The third kappa shape index (κ3) is 3.00. The van der Waals surface area contributed by atoms with Crippen molar-refractivity contribution in [1.29, 1.82) is 5.26 Å². The zero-order valence-electron chi connectivity index (χ0n) is 8.77. The second-order valence-electron chi connectivity index (χ2n) is 4.51. The van der Waals surface area contributed by atoms with Crippen molar-refractivity contribution in [3.05, 3.63) is 0 Å². The lowest BCUT2D eigenvalue weighted by Gasteiger charge is -2.32. The highest BCUT2D eigenvalue weighted by atomic mass is 15.0. The van der Waals surface area contributed by atoms with Gasteiger partial charge >= 0.3 is 0 Å². The molecule has 1 N–H and O–H groups in total. The quantitative estimate of drug-likeness (QED) is 0.724. The molecule has 1 rings (SSSR count). The molecule has 0 amide bonds. The highest BCUT2D eigenvalue weighted by Crippen LogP contribution is 2.25. The summed E-state index contributed by atoms with van der Waals surface area (Å²) < 4.78 is 0. The Hall–Kier alpha value is -0.550. The summed E-state index contributed by atoms with van der Waals surface area (Å²) >= 11 is 0. The summed E-state index contributed by atoms with van der Waals surface area (Å²) in [6.45, 7) is 5.45. The van der Waals surface area contributed by atoms with Gasteiger partial charge < -0.3 is 0 Å². The molecule has 2 heteroatoms. The lowest BCUT2D eigenvalue weighted by molar-refractivity contribution is 0.287. The molecule has 0 saturated carbocycles. The zero-order chi connectivity index (χ0) is 9.73. The van der Waals surface area contributed by atoms with Crippen LogP contribution in [0.4, 0.5) is 0 Å². The molecule has 0 aromatic rings. The predicted molar refractivity (Wildman–Crippen MR) is 54.3 cm³/mol. The maximum Gasteiger partial charge on any atom is 0.106 e. The molecule has 2 nitrogen and oxygen atoms in total. The highest BCUT2D eigenvalue weighted by molar-refractivity contribution is 5.08. The molecule has 1 saturated heterocycles. The number of piperidine rings is 1. The molecule has 1 aliphatic heterocycles. The van der Waals surface area contributed by atoms with Crippen molar-refractivity contribution in [1.82, 2.24) is 5.32 Å². The maximum atomic E-state index is 9.14. The summed E-state index contributed by atoms with van der Waals surface area (Å²) in [6, 6.07) is 2.46. The molecule has 0 aromatic heterocycles. The maximum absolute atomic E-state index is 9.14. The molecular formula is C11H20N2. The van der Waals surface area contributed by atoms with E-state index in [1.807, 2.05) is 0 Å². The van der Waals surface area contributed by atoms with Crippen molar-refractivity contribution in [3.8, 4) is 6.07 Å². The van der Waals surface area contributed by atoms with Gasteiger partial charge in [-0.3, -0.25) is 5.32 Å². The lowest BCUT2D eigenvalue weighted by Crippen LogP contribution is -2.47. The number of nitrogens with zero attached hydrogens (tertiary/aromatic N) is 1. The predicted octanol–water partition coefficient (Wildman–Crippen LogP) is 2.46. The van der Waals surface area contributed by atoms with E-state index in [2.05, 4.69) is 25.2 Å². The normalized spacial score (nSPS) is 28.8. The van der Waals surface area contributed by atoms with Gasteiger partial charge in [0.15, 0.2) is 0 Å². The van der Waals surface area contributed by atoms with Gasteiger partial charge in [-0.2, -0.15) is 5.26 Å². The molecule has 0 aromatic carbocycles. The molecule has 0 aliphatic carbocycles. The van der Waals surface area contributed by atoms with E-state index < -0.39 is 0 Å². The number of nitriles is 1. The summed E-state index contributed by atoms with van der Waals surface area (Å²) in [4.78, 5) is 0. The Bertz CT molecular complexity index is 185. The first-order chi connectivity index (χ1) is 6.18. The van der Waals surface area contributed by atoms with E-state index >= 15 is 0 Å². The summed E-state index contributed by atoms with van der Waals surface area (Å²) in [6.07, 6.45) is 5.64. The average molecular weight is 180 g/mol. The van der Waals surface area contributed by atoms with Gasteiger partial charge in [-0.15, -0.1) is 0 Å². The van der Waals surface area contributed by atoms with Crippen molar-refractivity contribution in [3.63, 3.8) is 0 Å². The van der Waals surface area contributed by atoms with Crippen molar-refractivity contribution >= 4 is 0 Å². The van der Waals surface area contributed by atoms with Crippen LogP contribution in [0.2, 0.25) is 0 Å². The molecule has 1 fully saturated rings. The van der Waals surface area contributed by atoms with Crippen LogP contribution in [0.3, 0.4) is 0 Å². The van der Waals surface area contributed by atoms with Crippen molar-refractivity contribution < 1.29 is 0 Å². The fraction of sp³-hybridized carbons (Fsp3) is 0.909. The number of nitrogens with one attached hydrogen (secondary N) is 1. The van der Waals surface area contributed by atoms with Gasteiger partial charge in [-0.1, -0.05) is 13.8 Å². The van der Waals surface area contributed by atoms with Gasteiger partial charge in [0.05, 0.1) is 6.07 Å². The molecule has 74 valence electrons. The third-order valence-electron chi connectivity index (χ3n) is 2.86. The minimum atomic E-state index is -0.192. The standard InChI is InChI=1S/C11H20N2/c1-10(2)5-7-11(9-12)6-3-4-8-13-11/h10,13H,3-8H2,1-2H3. The Morgan fingerprint density at radius 2 is 2.23 bits per heavy atom. The van der Waals surface area contributed by atoms with Crippen LogP contribution in [0.5, 0.6) is 0 Å². The van der Waals surface area contributed by atoms with Gasteiger partial charge in [0.1, 0.15) is 5.54 Å². The molecule has 1 atom stereocenters. The van der Waals surface area contributed by atoms with Crippen molar-refractivity contribution in [2.45, 2.75) is 51.5 Å². The Balaban J connectivity index is 2.44. The smallest absolute Gasteiger partial charge is 0.106 e. The second-order valence-corrected chi connectivity index (χ2v) is 4.51. The van der Waals surface area contributed by atoms with E-state index in [1.54, 1.807) is 0 Å². The molecule has 1 unspecified atom stereocenters. The van der Waals surface area contributed by atoms with Crippen LogP contribution >= 0.6 is 0 Å². The molecule has 13 heavy (non-hydrogen) atoms. The van der Waals surface area contributed by atoms with Gasteiger partial charge in [-0.25, -0.2) is 0 Å². The first-order valence-corrected chi connectivity index (χ1v) is 5.35. The number of hydrogen-bond acceptors (Lipinski definition) is 2. The highest BCUT2D eigenvalue weighted by Gasteiger charge is 2.30. The first kappa shape index (κ1) is 10.5. The van der Waals surface area contributed by atoms with E-state index in [0.717, 1.165) is 25.8 Å². The second kappa shape index (κ2) is 4.62. The van der Waals surface area contributed by atoms with Crippen LogP contribution in [-0.4, -0.2) is 12.1 Å². The summed E-state index contributed by atoms with van der Waals surface area (Å²) in [5.41, 5.74) is -0.192. The Morgan fingerprint density at radius 3 is 2.69 bits per heavy atom. The molecular weight excluding hydrogens is 160 g/mol. The zero-order valence-corrected chi connectivity index (χ0v) is 8.77. The monoisotopic (exact) mass is 180 g/mol. The van der Waals surface area contributed by atoms with E-state index in [1.165, 1.54) is 12.8 Å². The summed E-state index contributed by atoms with van der Waals surface area (Å²) in [7, 11) is 0. The van der Waals surface area contributed by atoms with Crippen LogP contribution < -0.4 is 5.32 Å². The lowest BCUT2D eigenvalue weighted by atomic mass is 9.84. The Kier molecular flexibility index (Phi) is 3.74. The summed E-state index contributed by atoms with van der Waals surface area (Å²) in [5, 5.41) is 12.5. The topological polar surface area (TPSA) is 35.8 Å². The van der Waals surface area contributed by atoms with Crippen molar-refractivity contribution in [2.75, 3.05) is 6.54 Å².